The number of aliphatic hydroxyl groups excluding tert-OH is 1. The largest absolute Gasteiger partial charge is 0.481 e. The topological polar surface area (TPSA) is 130 Å². The summed E-state index contributed by atoms with van der Waals surface area (Å²) in [7, 11) is 3.65. The van der Waals surface area contributed by atoms with Gasteiger partial charge in [0.25, 0.3) is 0 Å². The number of carbonyl (C=O) groups excluding carboxylic acids is 1. The van der Waals surface area contributed by atoms with Crippen molar-refractivity contribution in [2.75, 3.05) is 27.2 Å². The molecule has 0 aliphatic carbocycles. The standard InChI is InChI=1S/C12H21N3O6/c1-14(2)5-7-3-8(16)6-15(7)12(21)13-9(11(19)20)4-10(17)18/h7-9,16H,3-6H2,1-2H3,(H,13,21)(H,17,18)(H,19,20). The number of nitrogens with zero attached hydrogens (tertiary/aromatic N) is 2. The van der Waals surface area contributed by atoms with E-state index in [0.717, 1.165) is 0 Å². The van der Waals surface area contributed by atoms with Crippen molar-refractivity contribution in [1.82, 2.24) is 15.1 Å². The molecule has 9 nitrogen and oxygen atoms in total. The second-order valence-electron chi connectivity index (χ2n) is 5.40. The van der Waals surface area contributed by atoms with E-state index in [1.54, 1.807) is 0 Å². The molecule has 0 bridgehead atoms. The fourth-order valence-corrected chi connectivity index (χ4v) is 2.34. The first-order valence-electron chi connectivity index (χ1n) is 6.55. The van der Waals surface area contributed by atoms with Crippen LogP contribution in [0.25, 0.3) is 0 Å². The molecule has 21 heavy (non-hydrogen) atoms. The van der Waals surface area contributed by atoms with Crippen LogP contribution in [0.4, 0.5) is 4.79 Å². The van der Waals surface area contributed by atoms with Crippen molar-refractivity contribution in [3.8, 4) is 0 Å². The van der Waals surface area contributed by atoms with Gasteiger partial charge in [0.1, 0.15) is 6.04 Å². The van der Waals surface area contributed by atoms with Crippen molar-refractivity contribution in [2.45, 2.75) is 31.0 Å². The first kappa shape index (κ1) is 17.2. The molecule has 1 saturated heterocycles. The van der Waals surface area contributed by atoms with E-state index in [2.05, 4.69) is 5.32 Å². The van der Waals surface area contributed by atoms with E-state index in [1.165, 1.54) is 4.90 Å². The molecule has 120 valence electrons. The molecule has 3 atom stereocenters. The fraction of sp³-hybridized carbons (Fsp3) is 0.750. The molecule has 0 saturated carbocycles. The minimum Gasteiger partial charge on any atom is -0.481 e. The number of aliphatic hydroxyl groups is 1. The number of carboxylic acids is 2. The van der Waals surface area contributed by atoms with Gasteiger partial charge in [-0.1, -0.05) is 0 Å². The fourth-order valence-electron chi connectivity index (χ4n) is 2.34. The predicted octanol–water partition coefficient (Wildman–Crippen LogP) is -1.38. The Hall–Kier alpha value is -1.87. The Morgan fingerprint density at radius 1 is 1.33 bits per heavy atom. The molecule has 0 aromatic heterocycles. The van der Waals surface area contributed by atoms with E-state index >= 15 is 0 Å². The monoisotopic (exact) mass is 303 g/mol. The van der Waals surface area contributed by atoms with Gasteiger partial charge in [-0.05, 0) is 20.5 Å². The van der Waals surface area contributed by atoms with Crippen molar-refractivity contribution in [1.29, 1.82) is 0 Å². The molecule has 2 amide bonds. The van der Waals surface area contributed by atoms with Crippen LogP contribution in [-0.4, -0.2) is 88.5 Å². The van der Waals surface area contributed by atoms with Gasteiger partial charge in [-0.3, -0.25) is 4.79 Å². The van der Waals surface area contributed by atoms with Gasteiger partial charge in [-0.15, -0.1) is 0 Å². The number of hydrogen-bond donors (Lipinski definition) is 4. The van der Waals surface area contributed by atoms with Gasteiger partial charge in [-0.2, -0.15) is 0 Å². The lowest BCUT2D eigenvalue weighted by atomic mass is 10.2. The summed E-state index contributed by atoms with van der Waals surface area (Å²) < 4.78 is 0. The number of likely N-dealkylation sites (N-methyl/N-ethyl adjacent to an activating group) is 1. The van der Waals surface area contributed by atoms with Gasteiger partial charge in [0.05, 0.1) is 12.5 Å². The van der Waals surface area contributed by atoms with E-state index in [1.807, 2.05) is 19.0 Å². The predicted molar refractivity (Wildman–Crippen MR) is 71.9 cm³/mol. The molecule has 3 unspecified atom stereocenters. The number of urea groups is 1. The minimum atomic E-state index is -1.49. The van der Waals surface area contributed by atoms with Crippen LogP contribution in [0.5, 0.6) is 0 Å². The van der Waals surface area contributed by atoms with Crippen molar-refractivity contribution in [3.05, 3.63) is 0 Å². The van der Waals surface area contributed by atoms with Crippen LogP contribution >= 0.6 is 0 Å². The van der Waals surface area contributed by atoms with Gasteiger partial charge in [0, 0.05) is 19.1 Å². The Labute approximate surface area is 122 Å². The third-order valence-corrected chi connectivity index (χ3v) is 3.20. The lowest BCUT2D eigenvalue weighted by Crippen LogP contribution is -2.51. The molecule has 0 aromatic rings. The lowest BCUT2D eigenvalue weighted by molar-refractivity contribution is -0.145. The molecule has 0 spiro atoms. The number of amides is 2. The molecule has 1 heterocycles. The Morgan fingerprint density at radius 3 is 2.43 bits per heavy atom. The summed E-state index contributed by atoms with van der Waals surface area (Å²) >= 11 is 0. The zero-order chi connectivity index (χ0) is 16.2. The summed E-state index contributed by atoms with van der Waals surface area (Å²) in [5.74, 6) is -2.72. The summed E-state index contributed by atoms with van der Waals surface area (Å²) in [6.07, 6.45) is -0.957. The van der Waals surface area contributed by atoms with E-state index in [4.69, 9.17) is 10.2 Å². The molecular formula is C12H21N3O6. The molecule has 9 heteroatoms. The van der Waals surface area contributed by atoms with E-state index in [-0.39, 0.29) is 12.6 Å². The van der Waals surface area contributed by atoms with E-state index in [9.17, 15) is 19.5 Å². The lowest BCUT2D eigenvalue weighted by Gasteiger charge is -2.28. The highest BCUT2D eigenvalue weighted by Gasteiger charge is 2.36. The van der Waals surface area contributed by atoms with Gasteiger partial charge in [0.2, 0.25) is 0 Å². The first-order valence-corrected chi connectivity index (χ1v) is 6.55. The number of hydrogen-bond acceptors (Lipinski definition) is 5. The third kappa shape index (κ3) is 5.20. The van der Waals surface area contributed by atoms with Crippen molar-refractivity contribution in [2.24, 2.45) is 0 Å². The molecule has 1 aliphatic rings. The first-order chi connectivity index (χ1) is 9.70. The van der Waals surface area contributed by atoms with E-state index in [0.29, 0.717) is 13.0 Å². The molecule has 0 aromatic carbocycles. The van der Waals surface area contributed by atoms with Crippen molar-refractivity contribution >= 4 is 18.0 Å². The summed E-state index contributed by atoms with van der Waals surface area (Å²) in [4.78, 5) is 36.9. The van der Waals surface area contributed by atoms with Crippen LogP contribution in [0.1, 0.15) is 12.8 Å². The average Bonchev–Trinajstić information content (AvgIpc) is 2.67. The minimum absolute atomic E-state index is 0.101. The van der Waals surface area contributed by atoms with Crippen molar-refractivity contribution in [3.63, 3.8) is 0 Å². The highest BCUT2D eigenvalue weighted by atomic mass is 16.4. The number of aliphatic carboxylic acids is 2. The van der Waals surface area contributed by atoms with Gasteiger partial charge in [-0.25, -0.2) is 9.59 Å². The number of likely N-dealkylation sites (tertiary alicyclic amines) is 1. The van der Waals surface area contributed by atoms with Crippen LogP contribution in [-0.2, 0) is 9.59 Å². The quantitative estimate of drug-likeness (QED) is 0.475. The molecule has 4 N–H and O–H groups in total. The van der Waals surface area contributed by atoms with Crippen LogP contribution < -0.4 is 5.32 Å². The zero-order valence-corrected chi connectivity index (χ0v) is 12.0. The van der Waals surface area contributed by atoms with Gasteiger partial charge >= 0.3 is 18.0 Å². The number of rotatable bonds is 6. The van der Waals surface area contributed by atoms with Crippen LogP contribution in [0.2, 0.25) is 0 Å². The second kappa shape index (κ2) is 7.23. The Balaban J connectivity index is 2.71. The molecule has 0 radical (unpaired) electrons. The summed E-state index contributed by atoms with van der Waals surface area (Å²) in [6, 6.07) is -2.41. The SMILES string of the molecule is CN(C)CC1CC(O)CN1C(=O)NC(CC(=O)O)C(=O)O. The molecule has 1 rings (SSSR count). The summed E-state index contributed by atoms with van der Waals surface area (Å²) in [5.41, 5.74) is 0. The maximum absolute atomic E-state index is 12.1. The highest BCUT2D eigenvalue weighted by molar-refractivity contribution is 5.86. The van der Waals surface area contributed by atoms with E-state index < -0.39 is 36.5 Å². The van der Waals surface area contributed by atoms with Crippen LogP contribution in [0, 0.1) is 0 Å². The maximum Gasteiger partial charge on any atom is 0.326 e. The summed E-state index contributed by atoms with van der Waals surface area (Å²) in [5, 5.41) is 29.4. The number of β-amino-alcohol motifs (C(OH)–C–C–N with tert-alkyl or cyclic N) is 1. The Morgan fingerprint density at radius 2 is 1.95 bits per heavy atom. The summed E-state index contributed by atoms with van der Waals surface area (Å²) in [6.45, 7) is 0.630. The molecule has 1 fully saturated rings. The van der Waals surface area contributed by atoms with Gasteiger partial charge in [0.15, 0.2) is 0 Å². The Bertz CT molecular complexity index is 414. The number of carboxylic acid groups (broad SMARTS) is 2. The molecular weight excluding hydrogens is 282 g/mol. The van der Waals surface area contributed by atoms with Gasteiger partial charge < -0.3 is 30.4 Å². The highest BCUT2D eigenvalue weighted by Crippen LogP contribution is 2.18. The zero-order valence-electron chi connectivity index (χ0n) is 12.0. The maximum atomic E-state index is 12.1. The number of carbonyl (C=O) groups is 3. The second-order valence-corrected chi connectivity index (χ2v) is 5.40. The molecule has 1 aliphatic heterocycles. The van der Waals surface area contributed by atoms with Crippen molar-refractivity contribution < 1.29 is 29.7 Å². The average molecular weight is 303 g/mol. The van der Waals surface area contributed by atoms with Crippen LogP contribution in [0.15, 0.2) is 0 Å². The number of nitrogens with one attached hydrogen (secondary N) is 1. The third-order valence-electron chi connectivity index (χ3n) is 3.20. The van der Waals surface area contributed by atoms with Crippen LogP contribution in [0.3, 0.4) is 0 Å². The normalized spacial score (nSPS) is 23.1. The Kier molecular flexibility index (Phi) is 5.91. The smallest absolute Gasteiger partial charge is 0.326 e.